The van der Waals surface area contributed by atoms with E-state index in [0.29, 0.717) is 18.8 Å². The van der Waals surface area contributed by atoms with E-state index in [-0.39, 0.29) is 18.3 Å². The van der Waals surface area contributed by atoms with Gasteiger partial charge in [0.05, 0.1) is 0 Å². The fourth-order valence-electron chi connectivity index (χ4n) is 3.39. The number of carboxylic acids is 2. The van der Waals surface area contributed by atoms with E-state index in [9.17, 15) is 9.59 Å². The van der Waals surface area contributed by atoms with Crippen LogP contribution >= 0.6 is 0 Å². The zero-order valence-corrected chi connectivity index (χ0v) is 9.82. The lowest BCUT2D eigenvalue weighted by Gasteiger charge is -2.29. The standard InChI is InChI=1S/C13H18O4/c14-11(15)2-1-10-7-9-3-5-13(10,8-9)6-4-12(16)17/h7,9H,1-6,8H2,(H,14,15)(H,16,17). The zero-order chi connectivity index (χ0) is 12.5. The Hall–Kier alpha value is -1.32. The first-order chi connectivity index (χ1) is 8.02. The second kappa shape index (κ2) is 4.51. The predicted molar refractivity (Wildman–Crippen MR) is 61.6 cm³/mol. The maximum Gasteiger partial charge on any atom is 0.303 e. The van der Waals surface area contributed by atoms with E-state index in [2.05, 4.69) is 6.08 Å². The molecule has 1 fully saturated rings. The molecule has 2 N–H and O–H groups in total. The Bertz CT molecular complexity index is 372. The van der Waals surface area contributed by atoms with Gasteiger partial charge in [-0.15, -0.1) is 0 Å². The predicted octanol–water partition coefficient (Wildman–Crippen LogP) is 2.44. The first-order valence-corrected chi connectivity index (χ1v) is 6.17. The summed E-state index contributed by atoms with van der Waals surface area (Å²) in [4.78, 5) is 21.3. The van der Waals surface area contributed by atoms with Crippen LogP contribution in [0.25, 0.3) is 0 Å². The number of hydrogen-bond acceptors (Lipinski definition) is 2. The molecule has 2 rings (SSSR count). The van der Waals surface area contributed by atoms with Crippen molar-refractivity contribution in [2.75, 3.05) is 0 Å². The van der Waals surface area contributed by atoms with E-state index in [4.69, 9.17) is 10.2 Å². The van der Waals surface area contributed by atoms with E-state index in [1.54, 1.807) is 0 Å². The second-order valence-electron chi connectivity index (χ2n) is 5.26. The number of carboxylic acid groups (broad SMARTS) is 2. The summed E-state index contributed by atoms with van der Waals surface area (Å²) in [5.74, 6) is -0.970. The third-order valence-electron chi connectivity index (χ3n) is 4.19. The summed E-state index contributed by atoms with van der Waals surface area (Å²) in [5.41, 5.74) is 1.22. The van der Waals surface area contributed by atoms with Gasteiger partial charge in [-0.2, -0.15) is 0 Å². The summed E-state index contributed by atoms with van der Waals surface area (Å²) in [7, 11) is 0. The molecule has 4 nitrogen and oxygen atoms in total. The van der Waals surface area contributed by atoms with Crippen LogP contribution in [-0.4, -0.2) is 22.2 Å². The molecule has 94 valence electrons. The van der Waals surface area contributed by atoms with Gasteiger partial charge in [-0.1, -0.05) is 11.6 Å². The third-order valence-corrected chi connectivity index (χ3v) is 4.19. The van der Waals surface area contributed by atoms with Gasteiger partial charge >= 0.3 is 11.9 Å². The summed E-state index contributed by atoms with van der Waals surface area (Å²) < 4.78 is 0. The SMILES string of the molecule is O=C(O)CCC1=CC2CCC1(CCC(=O)O)C2. The van der Waals surface area contributed by atoms with Gasteiger partial charge in [0.2, 0.25) is 0 Å². The van der Waals surface area contributed by atoms with Gasteiger partial charge in [-0.05, 0) is 43.4 Å². The van der Waals surface area contributed by atoms with Crippen molar-refractivity contribution in [2.45, 2.75) is 44.9 Å². The maximum absolute atomic E-state index is 10.7. The Morgan fingerprint density at radius 3 is 2.59 bits per heavy atom. The highest BCUT2D eigenvalue weighted by Crippen LogP contribution is 2.57. The van der Waals surface area contributed by atoms with Gasteiger partial charge in [-0.25, -0.2) is 0 Å². The first-order valence-electron chi connectivity index (χ1n) is 6.17. The van der Waals surface area contributed by atoms with Crippen LogP contribution < -0.4 is 0 Å². The van der Waals surface area contributed by atoms with Gasteiger partial charge in [0.25, 0.3) is 0 Å². The molecule has 1 saturated carbocycles. The molecule has 4 heteroatoms. The summed E-state index contributed by atoms with van der Waals surface area (Å²) >= 11 is 0. The minimum absolute atomic E-state index is 0.0124. The molecule has 0 spiro atoms. The highest BCUT2D eigenvalue weighted by Gasteiger charge is 2.45. The van der Waals surface area contributed by atoms with Gasteiger partial charge in [-0.3, -0.25) is 9.59 Å². The molecule has 0 radical (unpaired) electrons. The molecule has 2 atom stereocenters. The van der Waals surface area contributed by atoms with Gasteiger partial charge < -0.3 is 10.2 Å². The quantitative estimate of drug-likeness (QED) is 0.697. The Balaban J connectivity index is 2.01. The third kappa shape index (κ3) is 2.51. The van der Waals surface area contributed by atoms with Crippen LogP contribution in [0, 0.1) is 11.3 Å². The number of rotatable bonds is 6. The van der Waals surface area contributed by atoms with E-state index < -0.39 is 11.9 Å². The minimum Gasteiger partial charge on any atom is -0.481 e. The lowest BCUT2D eigenvalue weighted by atomic mass is 9.75. The Labute approximate surface area is 100 Å². The number of allylic oxidation sites excluding steroid dienone is 2. The molecular formula is C13H18O4. The average molecular weight is 238 g/mol. The fourth-order valence-corrected chi connectivity index (χ4v) is 3.39. The summed E-state index contributed by atoms with van der Waals surface area (Å²) in [6, 6.07) is 0. The number of fused-ring (bicyclic) bond motifs is 2. The lowest BCUT2D eigenvalue weighted by Crippen LogP contribution is -2.20. The molecule has 0 aromatic rings. The Morgan fingerprint density at radius 1 is 1.29 bits per heavy atom. The van der Waals surface area contributed by atoms with E-state index in [1.807, 2.05) is 0 Å². The molecule has 2 aliphatic rings. The van der Waals surface area contributed by atoms with Crippen molar-refractivity contribution in [1.82, 2.24) is 0 Å². The van der Waals surface area contributed by atoms with Crippen LogP contribution in [0.2, 0.25) is 0 Å². The van der Waals surface area contributed by atoms with Crippen molar-refractivity contribution in [3.05, 3.63) is 11.6 Å². The molecule has 0 heterocycles. The Kier molecular flexibility index (Phi) is 3.22. The van der Waals surface area contributed by atoms with Crippen molar-refractivity contribution in [3.63, 3.8) is 0 Å². The van der Waals surface area contributed by atoms with Crippen molar-refractivity contribution in [1.29, 1.82) is 0 Å². The maximum atomic E-state index is 10.7. The molecule has 0 amide bonds. The molecule has 17 heavy (non-hydrogen) atoms. The van der Waals surface area contributed by atoms with E-state index in [0.717, 1.165) is 19.3 Å². The zero-order valence-electron chi connectivity index (χ0n) is 9.82. The monoisotopic (exact) mass is 238 g/mol. The lowest BCUT2D eigenvalue weighted by molar-refractivity contribution is -0.138. The second-order valence-corrected chi connectivity index (χ2v) is 5.26. The minimum atomic E-state index is -0.776. The van der Waals surface area contributed by atoms with Crippen molar-refractivity contribution >= 4 is 11.9 Å². The smallest absolute Gasteiger partial charge is 0.303 e. The van der Waals surface area contributed by atoms with Gasteiger partial charge in [0, 0.05) is 12.8 Å². The highest BCUT2D eigenvalue weighted by molar-refractivity contribution is 5.67. The number of hydrogen-bond donors (Lipinski definition) is 2. The van der Waals surface area contributed by atoms with Crippen LogP contribution in [0.1, 0.15) is 44.9 Å². The van der Waals surface area contributed by atoms with Crippen LogP contribution in [0.15, 0.2) is 11.6 Å². The fraction of sp³-hybridized carbons (Fsp3) is 0.692. The van der Waals surface area contributed by atoms with E-state index in [1.165, 1.54) is 5.57 Å². The topological polar surface area (TPSA) is 74.6 Å². The van der Waals surface area contributed by atoms with Crippen molar-refractivity contribution in [2.24, 2.45) is 11.3 Å². The molecule has 0 saturated heterocycles. The number of aliphatic carboxylic acids is 2. The van der Waals surface area contributed by atoms with Gasteiger partial charge in [0.15, 0.2) is 0 Å². The average Bonchev–Trinajstić information content (AvgIpc) is 2.81. The summed E-state index contributed by atoms with van der Waals surface area (Å²) in [5, 5.41) is 17.5. The molecule has 2 bridgehead atoms. The van der Waals surface area contributed by atoms with Crippen LogP contribution in [0.3, 0.4) is 0 Å². The Morgan fingerprint density at radius 2 is 2.00 bits per heavy atom. The molecular weight excluding hydrogens is 220 g/mol. The largest absolute Gasteiger partial charge is 0.481 e. The first kappa shape index (κ1) is 12.1. The summed E-state index contributed by atoms with van der Waals surface area (Å²) in [6.45, 7) is 0. The molecule has 2 aliphatic carbocycles. The van der Waals surface area contributed by atoms with Crippen molar-refractivity contribution in [3.8, 4) is 0 Å². The molecule has 0 aliphatic heterocycles. The van der Waals surface area contributed by atoms with E-state index >= 15 is 0 Å². The molecule has 0 aromatic heterocycles. The molecule has 0 aromatic carbocycles. The van der Waals surface area contributed by atoms with Crippen LogP contribution in [0.4, 0.5) is 0 Å². The van der Waals surface area contributed by atoms with Crippen LogP contribution in [0.5, 0.6) is 0 Å². The number of carbonyl (C=O) groups is 2. The van der Waals surface area contributed by atoms with Crippen molar-refractivity contribution < 1.29 is 19.8 Å². The molecule has 2 unspecified atom stereocenters. The normalized spacial score (nSPS) is 30.4. The van der Waals surface area contributed by atoms with Crippen LogP contribution in [-0.2, 0) is 9.59 Å². The summed E-state index contributed by atoms with van der Waals surface area (Å²) in [6.07, 6.45) is 7.02. The highest BCUT2D eigenvalue weighted by atomic mass is 16.4. The van der Waals surface area contributed by atoms with Gasteiger partial charge in [0.1, 0.15) is 0 Å².